The molecule has 1 saturated carbocycles. The minimum atomic E-state index is -0.826. The van der Waals surface area contributed by atoms with E-state index in [2.05, 4.69) is 5.32 Å². The molecule has 0 bridgehead atoms. The van der Waals surface area contributed by atoms with E-state index in [1.807, 2.05) is 25.1 Å². The number of ether oxygens (including phenoxy) is 2. The highest BCUT2D eigenvalue weighted by Crippen LogP contribution is 2.37. The van der Waals surface area contributed by atoms with Gasteiger partial charge in [0.2, 0.25) is 11.8 Å². The lowest BCUT2D eigenvalue weighted by molar-refractivity contribution is -0.141. The van der Waals surface area contributed by atoms with Gasteiger partial charge in [0.1, 0.15) is 5.54 Å². The summed E-state index contributed by atoms with van der Waals surface area (Å²) < 4.78 is 10.8. The van der Waals surface area contributed by atoms with Crippen LogP contribution in [0.5, 0.6) is 11.5 Å². The number of rotatable bonds is 6. The van der Waals surface area contributed by atoms with Gasteiger partial charge in [-0.2, -0.15) is 0 Å². The second-order valence-electron chi connectivity index (χ2n) is 7.36. The van der Waals surface area contributed by atoms with Crippen LogP contribution >= 0.6 is 0 Å². The zero-order chi connectivity index (χ0) is 18.7. The molecule has 0 aromatic heterocycles. The van der Waals surface area contributed by atoms with Crippen molar-refractivity contribution in [2.45, 2.75) is 63.6 Å². The standard InChI is InChI=1S/C20H28N2O4/c1-20(19(24)21-15-8-4-5-9-15)12-11-17(23)22(20)13-14-7-6-10-16(25-2)18(14)26-3/h6-7,10,15H,4-5,8-9,11-13H2,1-3H3,(H,21,24)/t20-/m0/s1. The molecule has 142 valence electrons. The minimum Gasteiger partial charge on any atom is -0.493 e. The van der Waals surface area contributed by atoms with E-state index in [0.717, 1.165) is 31.2 Å². The van der Waals surface area contributed by atoms with Crippen LogP contribution in [0.25, 0.3) is 0 Å². The Morgan fingerprint density at radius 1 is 1.27 bits per heavy atom. The van der Waals surface area contributed by atoms with Gasteiger partial charge < -0.3 is 19.7 Å². The van der Waals surface area contributed by atoms with Crippen molar-refractivity contribution < 1.29 is 19.1 Å². The van der Waals surface area contributed by atoms with Crippen LogP contribution in [0.1, 0.15) is 51.0 Å². The first-order valence-electron chi connectivity index (χ1n) is 9.31. The summed E-state index contributed by atoms with van der Waals surface area (Å²) in [5.41, 5.74) is 0.00954. The number of benzene rings is 1. The van der Waals surface area contributed by atoms with Gasteiger partial charge >= 0.3 is 0 Å². The van der Waals surface area contributed by atoms with Crippen molar-refractivity contribution >= 4 is 11.8 Å². The molecule has 1 aliphatic carbocycles. The average molecular weight is 360 g/mol. The number of hydrogen-bond acceptors (Lipinski definition) is 4. The molecule has 0 spiro atoms. The third-order valence-corrected chi connectivity index (χ3v) is 5.71. The lowest BCUT2D eigenvalue weighted by Crippen LogP contribution is -2.55. The molecule has 1 heterocycles. The Labute approximate surface area is 154 Å². The average Bonchev–Trinajstić information content (AvgIpc) is 3.25. The van der Waals surface area contributed by atoms with Crippen molar-refractivity contribution in [3.05, 3.63) is 23.8 Å². The third-order valence-electron chi connectivity index (χ3n) is 5.71. The number of carbonyl (C=O) groups is 2. The summed E-state index contributed by atoms with van der Waals surface area (Å²) in [6.45, 7) is 2.20. The number of carbonyl (C=O) groups excluding carboxylic acids is 2. The molecule has 0 radical (unpaired) electrons. The molecule has 1 aromatic rings. The third kappa shape index (κ3) is 3.37. The summed E-state index contributed by atoms with van der Waals surface area (Å²) in [6.07, 6.45) is 5.30. The van der Waals surface area contributed by atoms with E-state index in [1.54, 1.807) is 19.1 Å². The molecule has 6 heteroatoms. The maximum Gasteiger partial charge on any atom is 0.245 e. The minimum absolute atomic E-state index is 0.000977. The SMILES string of the molecule is COc1cccc(CN2C(=O)CC[C@@]2(C)C(=O)NC2CCCC2)c1OC. The van der Waals surface area contributed by atoms with Crippen LogP contribution in [-0.2, 0) is 16.1 Å². The number of methoxy groups -OCH3 is 2. The number of hydrogen-bond donors (Lipinski definition) is 1. The summed E-state index contributed by atoms with van der Waals surface area (Å²) in [7, 11) is 3.17. The van der Waals surface area contributed by atoms with Crippen molar-refractivity contribution in [1.29, 1.82) is 0 Å². The molecule has 1 saturated heterocycles. The molecule has 2 fully saturated rings. The van der Waals surface area contributed by atoms with Gasteiger partial charge in [-0.3, -0.25) is 9.59 Å². The summed E-state index contributed by atoms with van der Waals surface area (Å²) >= 11 is 0. The molecule has 1 aliphatic heterocycles. The number of nitrogens with one attached hydrogen (secondary N) is 1. The molecule has 6 nitrogen and oxygen atoms in total. The zero-order valence-corrected chi connectivity index (χ0v) is 15.8. The molecule has 1 aromatic carbocycles. The highest BCUT2D eigenvalue weighted by atomic mass is 16.5. The van der Waals surface area contributed by atoms with Gasteiger partial charge in [-0.05, 0) is 32.3 Å². The van der Waals surface area contributed by atoms with Crippen molar-refractivity contribution in [3.63, 3.8) is 0 Å². The molecule has 1 N–H and O–H groups in total. The van der Waals surface area contributed by atoms with Gasteiger partial charge in [-0.15, -0.1) is 0 Å². The first-order valence-corrected chi connectivity index (χ1v) is 9.31. The van der Waals surface area contributed by atoms with E-state index in [-0.39, 0.29) is 17.9 Å². The van der Waals surface area contributed by atoms with Crippen LogP contribution < -0.4 is 14.8 Å². The second kappa shape index (κ2) is 7.56. The fourth-order valence-corrected chi connectivity index (χ4v) is 4.05. The number of para-hydroxylation sites is 1. The topological polar surface area (TPSA) is 67.9 Å². The van der Waals surface area contributed by atoms with E-state index in [1.165, 1.54) is 0 Å². The molecular formula is C20H28N2O4. The highest BCUT2D eigenvalue weighted by molar-refractivity contribution is 5.94. The van der Waals surface area contributed by atoms with E-state index in [9.17, 15) is 9.59 Å². The Bertz CT molecular complexity index is 684. The van der Waals surface area contributed by atoms with Gasteiger partial charge in [0, 0.05) is 18.0 Å². The van der Waals surface area contributed by atoms with Gasteiger partial charge in [0.05, 0.1) is 20.8 Å². The Hall–Kier alpha value is -2.24. The molecule has 26 heavy (non-hydrogen) atoms. The predicted octanol–water partition coefficient (Wildman–Crippen LogP) is 2.64. The Kier molecular flexibility index (Phi) is 5.39. The van der Waals surface area contributed by atoms with Gasteiger partial charge in [-0.1, -0.05) is 25.0 Å². The number of likely N-dealkylation sites (tertiary alicyclic amines) is 1. The summed E-state index contributed by atoms with van der Waals surface area (Å²) in [5.74, 6) is 1.18. The lowest BCUT2D eigenvalue weighted by atomic mass is 9.96. The zero-order valence-electron chi connectivity index (χ0n) is 15.8. The van der Waals surface area contributed by atoms with Crippen LogP contribution in [0, 0.1) is 0 Å². The normalized spacial score (nSPS) is 23.3. The van der Waals surface area contributed by atoms with E-state index in [4.69, 9.17) is 9.47 Å². The van der Waals surface area contributed by atoms with Crippen LogP contribution in [0.2, 0.25) is 0 Å². The quantitative estimate of drug-likeness (QED) is 0.847. The van der Waals surface area contributed by atoms with Crippen molar-refractivity contribution in [2.75, 3.05) is 14.2 Å². The largest absolute Gasteiger partial charge is 0.493 e. The van der Waals surface area contributed by atoms with Crippen molar-refractivity contribution in [1.82, 2.24) is 10.2 Å². The summed E-state index contributed by atoms with van der Waals surface area (Å²) in [5, 5.41) is 3.16. The smallest absolute Gasteiger partial charge is 0.245 e. The van der Waals surface area contributed by atoms with Crippen molar-refractivity contribution in [2.24, 2.45) is 0 Å². The molecule has 0 unspecified atom stereocenters. The predicted molar refractivity (Wildman–Crippen MR) is 98.1 cm³/mol. The van der Waals surface area contributed by atoms with E-state index >= 15 is 0 Å². The molecular weight excluding hydrogens is 332 g/mol. The summed E-state index contributed by atoms with van der Waals surface area (Å²) in [6, 6.07) is 5.83. The Balaban J connectivity index is 1.82. The molecule has 1 atom stereocenters. The number of amides is 2. The van der Waals surface area contributed by atoms with Crippen LogP contribution in [0.15, 0.2) is 18.2 Å². The first kappa shape index (κ1) is 18.5. The maximum atomic E-state index is 13.0. The summed E-state index contributed by atoms with van der Waals surface area (Å²) in [4.78, 5) is 27.2. The maximum absolute atomic E-state index is 13.0. The number of nitrogens with zero attached hydrogens (tertiary/aromatic N) is 1. The van der Waals surface area contributed by atoms with Gasteiger partial charge in [-0.25, -0.2) is 0 Å². The molecule has 2 aliphatic rings. The van der Waals surface area contributed by atoms with E-state index in [0.29, 0.717) is 30.9 Å². The molecule has 2 amide bonds. The van der Waals surface area contributed by atoms with Crippen LogP contribution in [0.4, 0.5) is 0 Å². The van der Waals surface area contributed by atoms with Crippen LogP contribution in [-0.4, -0.2) is 42.5 Å². The van der Waals surface area contributed by atoms with Crippen molar-refractivity contribution in [3.8, 4) is 11.5 Å². The monoisotopic (exact) mass is 360 g/mol. The highest BCUT2D eigenvalue weighted by Gasteiger charge is 2.48. The Morgan fingerprint density at radius 3 is 2.65 bits per heavy atom. The molecule has 3 rings (SSSR count). The second-order valence-corrected chi connectivity index (χ2v) is 7.36. The van der Waals surface area contributed by atoms with Gasteiger partial charge in [0.25, 0.3) is 0 Å². The fraction of sp³-hybridized carbons (Fsp3) is 0.600. The Morgan fingerprint density at radius 2 is 2.00 bits per heavy atom. The van der Waals surface area contributed by atoms with Gasteiger partial charge in [0.15, 0.2) is 11.5 Å². The fourth-order valence-electron chi connectivity index (χ4n) is 4.05. The lowest BCUT2D eigenvalue weighted by Gasteiger charge is -2.35. The van der Waals surface area contributed by atoms with E-state index < -0.39 is 5.54 Å². The first-order chi connectivity index (χ1) is 12.5. The van der Waals surface area contributed by atoms with Crippen LogP contribution in [0.3, 0.4) is 0 Å².